The van der Waals surface area contributed by atoms with Gasteiger partial charge in [0.2, 0.25) is 0 Å². The van der Waals surface area contributed by atoms with Crippen molar-refractivity contribution in [2.75, 3.05) is 20.2 Å². The summed E-state index contributed by atoms with van der Waals surface area (Å²) in [5, 5.41) is 0. The lowest BCUT2D eigenvalue weighted by Crippen LogP contribution is -2.54. The molecular weight excluding hydrogens is 240 g/mol. The SMILES string of the molecule is CCOC(=O)C(N)(CN(C)C1CC1)c1ccccc1. The Kier molecular flexibility index (Phi) is 4.22. The average molecular weight is 262 g/mol. The number of nitrogens with zero attached hydrogens (tertiary/aromatic N) is 1. The number of hydrogen-bond acceptors (Lipinski definition) is 4. The Hall–Kier alpha value is -1.39. The predicted octanol–water partition coefficient (Wildman–Crippen LogP) is 1.50. The number of carbonyl (C=O) groups is 1. The number of carbonyl (C=O) groups excluding carboxylic acids is 1. The Labute approximate surface area is 114 Å². The van der Waals surface area contributed by atoms with E-state index in [1.807, 2.05) is 37.4 Å². The molecule has 0 heterocycles. The standard InChI is InChI=1S/C15H22N2O2/c1-3-19-14(18)15(16,11-17(2)13-9-10-13)12-7-5-4-6-8-12/h4-8,13H,3,9-11,16H2,1-2H3. The van der Waals surface area contributed by atoms with Crippen molar-refractivity contribution in [3.63, 3.8) is 0 Å². The zero-order valence-corrected chi connectivity index (χ0v) is 11.6. The number of ether oxygens (including phenoxy) is 1. The fourth-order valence-corrected chi connectivity index (χ4v) is 2.31. The number of rotatable bonds is 6. The van der Waals surface area contributed by atoms with Crippen LogP contribution >= 0.6 is 0 Å². The van der Waals surface area contributed by atoms with Gasteiger partial charge in [-0.2, -0.15) is 0 Å². The van der Waals surface area contributed by atoms with Crippen molar-refractivity contribution in [2.45, 2.75) is 31.3 Å². The molecule has 1 aromatic rings. The van der Waals surface area contributed by atoms with Crippen LogP contribution in [0.3, 0.4) is 0 Å². The summed E-state index contributed by atoms with van der Waals surface area (Å²) in [6.07, 6.45) is 2.37. The van der Waals surface area contributed by atoms with Crippen molar-refractivity contribution in [3.8, 4) is 0 Å². The molecule has 4 heteroatoms. The Morgan fingerprint density at radius 2 is 2.05 bits per heavy atom. The second-order valence-electron chi connectivity index (χ2n) is 5.20. The third-order valence-electron chi connectivity index (χ3n) is 3.60. The lowest BCUT2D eigenvalue weighted by atomic mass is 9.90. The fraction of sp³-hybridized carbons (Fsp3) is 0.533. The van der Waals surface area contributed by atoms with Crippen LogP contribution in [0.25, 0.3) is 0 Å². The van der Waals surface area contributed by atoms with Gasteiger partial charge < -0.3 is 15.4 Å². The number of hydrogen-bond donors (Lipinski definition) is 1. The van der Waals surface area contributed by atoms with Crippen molar-refractivity contribution in [1.82, 2.24) is 4.90 Å². The number of likely N-dealkylation sites (N-methyl/N-ethyl adjacent to an activating group) is 1. The number of benzene rings is 1. The molecule has 0 aromatic heterocycles. The van der Waals surface area contributed by atoms with Crippen LogP contribution in [0.2, 0.25) is 0 Å². The minimum atomic E-state index is -1.09. The Bertz CT molecular complexity index is 431. The van der Waals surface area contributed by atoms with Gasteiger partial charge in [0.05, 0.1) is 6.61 Å². The van der Waals surface area contributed by atoms with E-state index in [4.69, 9.17) is 10.5 Å². The van der Waals surface area contributed by atoms with E-state index in [1.165, 1.54) is 12.8 Å². The van der Waals surface area contributed by atoms with Crippen LogP contribution in [0.5, 0.6) is 0 Å². The maximum atomic E-state index is 12.3. The highest BCUT2D eigenvalue weighted by Gasteiger charge is 2.41. The summed E-state index contributed by atoms with van der Waals surface area (Å²) in [7, 11) is 2.02. The normalized spacial score (nSPS) is 18.1. The predicted molar refractivity (Wildman–Crippen MR) is 74.6 cm³/mol. The molecule has 1 aliphatic carbocycles. The summed E-state index contributed by atoms with van der Waals surface area (Å²) in [4.78, 5) is 14.4. The van der Waals surface area contributed by atoms with E-state index in [0.717, 1.165) is 5.56 Å². The molecule has 2 rings (SSSR count). The molecule has 0 amide bonds. The fourth-order valence-electron chi connectivity index (χ4n) is 2.31. The van der Waals surface area contributed by atoms with Crippen molar-refractivity contribution in [1.29, 1.82) is 0 Å². The van der Waals surface area contributed by atoms with Gasteiger partial charge in [0.15, 0.2) is 5.54 Å². The van der Waals surface area contributed by atoms with Crippen LogP contribution in [-0.4, -0.2) is 37.1 Å². The van der Waals surface area contributed by atoms with Gasteiger partial charge in [-0.15, -0.1) is 0 Å². The van der Waals surface area contributed by atoms with Crippen molar-refractivity contribution in [2.24, 2.45) is 5.73 Å². The Morgan fingerprint density at radius 1 is 1.42 bits per heavy atom. The van der Waals surface area contributed by atoms with Crippen molar-refractivity contribution < 1.29 is 9.53 Å². The molecule has 0 aliphatic heterocycles. The molecule has 1 aromatic carbocycles. The summed E-state index contributed by atoms with van der Waals surface area (Å²) in [6.45, 7) is 2.63. The maximum Gasteiger partial charge on any atom is 0.332 e. The van der Waals surface area contributed by atoms with E-state index in [0.29, 0.717) is 19.2 Å². The quantitative estimate of drug-likeness (QED) is 0.789. The van der Waals surface area contributed by atoms with Gasteiger partial charge in [-0.05, 0) is 32.4 Å². The second-order valence-corrected chi connectivity index (χ2v) is 5.20. The van der Waals surface area contributed by atoms with E-state index in [1.54, 1.807) is 6.92 Å². The summed E-state index contributed by atoms with van der Waals surface area (Å²) >= 11 is 0. The van der Waals surface area contributed by atoms with Crippen LogP contribution in [0.4, 0.5) is 0 Å². The van der Waals surface area contributed by atoms with E-state index in [-0.39, 0.29) is 5.97 Å². The van der Waals surface area contributed by atoms with Crippen molar-refractivity contribution >= 4 is 5.97 Å². The van der Waals surface area contributed by atoms with Crippen LogP contribution in [0, 0.1) is 0 Å². The van der Waals surface area contributed by atoms with E-state index in [2.05, 4.69) is 4.90 Å². The molecule has 1 unspecified atom stereocenters. The molecular formula is C15H22N2O2. The van der Waals surface area contributed by atoms with Gasteiger partial charge in [-0.1, -0.05) is 30.3 Å². The highest BCUT2D eigenvalue weighted by molar-refractivity contribution is 5.82. The van der Waals surface area contributed by atoms with Gasteiger partial charge in [0.1, 0.15) is 0 Å². The Balaban J connectivity index is 2.23. The van der Waals surface area contributed by atoms with Gasteiger partial charge in [0.25, 0.3) is 0 Å². The van der Waals surface area contributed by atoms with Gasteiger partial charge in [0, 0.05) is 12.6 Å². The van der Waals surface area contributed by atoms with Crippen LogP contribution in [-0.2, 0) is 15.1 Å². The summed E-state index contributed by atoms with van der Waals surface area (Å²) < 4.78 is 5.17. The van der Waals surface area contributed by atoms with Gasteiger partial charge in [-0.25, -0.2) is 4.79 Å². The third kappa shape index (κ3) is 3.14. The monoisotopic (exact) mass is 262 g/mol. The Morgan fingerprint density at radius 3 is 2.58 bits per heavy atom. The molecule has 4 nitrogen and oxygen atoms in total. The first kappa shape index (κ1) is 14.0. The first-order valence-corrected chi connectivity index (χ1v) is 6.80. The third-order valence-corrected chi connectivity index (χ3v) is 3.60. The topological polar surface area (TPSA) is 55.6 Å². The van der Waals surface area contributed by atoms with Gasteiger partial charge in [-0.3, -0.25) is 0 Å². The highest BCUT2D eigenvalue weighted by atomic mass is 16.5. The lowest BCUT2D eigenvalue weighted by Gasteiger charge is -2.32. The molecule has 2 N–H and O–H groups in total. The molecule has 19 heavy (non-hydrogen) atoms. The molecule has 104 valence electrons. The minimum Gasteiger partial charge on any atom is -0.464 e. The zero-order valence-electron chi connectivity index (χ0n) is 11.6. The maximum absolute atomic E-state index is 12.3. The van der Waals surface area contributed by atoms with Gasteiger partial charge >= 0.3 is 5.97 Å². The largest absolute Gasteiger partial charge is 0.464 e. The average Bonchev–Trinajstić information content (AvgIpc) is 3.24. The highest BCUT2D eigenvalue weighted by Crippen LogP contribution is 2.29. The first-order chi connectivity index (χ1) is 9.08. The second kappa shape index (κ2) is 5.72. The minimum absolute atomic E-state index is 0.345. The summed E-state index contributed by atoms with van der Waals surface area (Å²) in [6, 6.07) is 10.0. The molecule has 0 radical (unpaired) electrons. The summed E-state index contributed by atoms with van der Waals surface area (Å²) in [5.74, 6) is -0.353. The van der Waals surface area contributed by atoms with E-state index < -0.39 is 5.54 Å². The smallest absolute Gasteiger partial charge is 0.332 e. The van der Waals surface area contributed by atoms with E-state index in [9.17, 15) is 4.79 Å². The zero-order chi connectivity index (χ0) is 13.9. The van der Waals surface area contributed by atoms with Crippen LogP contribution in [0.15, 0.2) is 30.3 Å². The molecule has 0 bridgehead atoms. The number of esters is 1. The van der Waals surface area contributed by atoms with Crippen molar-refractivity contribution in [3.05, 3.63) is 35.9 Å². The molecule has 0 spiro atoms. The van der Waals surface area contributed by atoms with Crippen LogP contribution in [0.1, 0.15) is 25.3 Å². The number of nitrogens with two attached hydrogens (primary N) is 1. The molecule has 0 saturated heterocycles. The summed E-state index contributed by atoms with van der Waals surface area (Å²) in [5.41, 5.74) is 6.12. The molecule has 1 saturated carbocycles. The lowest BCUT2D eigenvalue weighted by molar-refractivity contribution is -0.150. The van der Waals surface area contributed by atoms with E-state index >= 15 is 0 Å². The molecule has 1 aliphatic rings. The first-order valence-electron chi connectivity index (χ1n) is 6.80. The molecule has 1 fully saturated rings. The molecule has 1 atom stereocenters. The van der Waals surface area contributed by atoms with Crippen LogP contribution < -0.4 is 5.73 Å².